The zero-order valence-corrected chi connectivity index (χ0v) is 11.1. The van der Waals surface area contributed by atoms with Crippen LogP contribution in [0.1, 0.15) is 19.8 Å². The summed E-state index contributed by atoms with van der Waals surface area (Å²) in [5.41, 5.74) is 0. The van der Waals surface area contributed by atoms with Crippen LogP contribution in [0.2, 0.25) is 0 Å². The van der Waals surface area contributed by atoms with Gasteiger partial charge in [-0.05, 0) is 19.4 Å². The molecular weight excluding hydrogens is 216 g/mol. The van der Waals surface area contributed by atoms with Crippen LogP contribution in [0.3, 0.4) is 0 Å². The van der Waals surface area contributed by atoms with Gasteiger partial charge >= 0.3 is 0 Å². The van der Waals surface area contributed by atoms with Gasteiger partial charge in [-0.2, -0.15) is 0 Å². The molecule has 0 aliphatic carbocycles. The van der Waals surface area contributed by atoms with E-state index < -0.39 is 0 Å². The van der Waals surface area contributed by atoms with Crippen LogP contribution >= 0.6 is 0 Å². The molecule has 0 aromatic rings. The summed E-state index contributed by atoms with van der Waals surface area (Å²) in [5.74, 6) is 0. The molecule has 2 aliphatic rings. The van der Waals surface area contributed by atoms with Crippen LogP contribution in [-0.2, 0) is 9.47 Å². The Morgan fingerprint density at radius 3 is 2.12 bits per heavy atom. The minimum absolute atomic E-state index is 0.738. The van der Waals surface area contributed by atoms with E-state index in [0.717, 1.165) is 58.6 Å². The predicted octanol–water partition coefficient (Wildman–Crippen LogP) is 0.820. The van der Waals surface area contributed by atoms with Gasteiger partial charge in [0.15, 0.2) is 0 Å². The molecule has 2 saturated heterocycles. The highest BCUT2D eigenvalue weighted by Crippen LogP contribution is 2.12. The SMILES string of the molecule is CCC(CCN1CCOCC1)N1CCOCC1. The number of ether oxygens (including phenoxy) is 2. The highest BCUT2D eigenvalue weighted by molar-refractivity contribution is 4.75. The maximum absolute atomic E-state index is 5.42. The second-order valence-corrected chi connectivity index (χ2v) is 4.95. The fourth-order valence-corrected chi connectivity index (χ4v) is 2.74. The first-order chi connectivity index (χ1) is 8.40. The molecule has 2 fully saturated rings. The van der Waals surface area contributed by atoms with Gasteiger partial charge in [-0.3, -0.25) is 9.80 Å². The van der Waals surface area contributed by atoms with Crippen LogP contribution < -0.4 is 0 Å². The van der Waals surface area contributed by atoms with Crippen LogP contribution in [0, 0.1) is 0 Å². The summed E-state index contributed by atoms with van der Waals surface area (Å²) in [5, 5.41) is 0. The first-order valence-corrected chi connectivity index (χ1v) is 7.02. The average molecular weight is 242 g/mol. The quantitative estimate of drug-likeness (QED) is 0.712. The maximum atomic E-state index is 5.42. The molecule has 0 radical (unpaired) electrons. The summed E-state index contributed by atoms with van der Waals surface area (Å²) in [6, 6.07) is 0.738. The minimum atomic E-state index is 0.738. The van der Waals surface area contributed by atoms with Crippen molar-refractivity contribution in [3.8, 4) is 0 Å². The van der Waals surface area contributed by atoms with Crippen LogP contribution in [0.25, 0.3) is 0 Å². The lowest BCUT2D eigenvalue weighted by Gasteiger charge is -2.35. The highest BCUT2D eigenvalue weighted by Gasteiger charge is 2.20. The first-order valence-electron chi connectivity index (χ1n) is 7.02. The van der Waals surface area contributed by atoms with Gasteiger partial charge in [0.05, 0.1) is 26.4 Å². The molecule has 4 heteroatoms. The zero-order valence-electron chi connectivity index (χ0n) is 11.1. The van der Waals surface area contributed by atoms with Gasteiger partial charge in [-0.1, -0.05) is 6.92 Å². The van der Waals surface area contributed by atoms with E-state index in [0.29, 0.717) is 0 Å². The molecule has 0 saturated carbocycles. The normalized spacial score (nSPS) is 25.9. The Labute approximate surface area is 105 Å². The largest absolute Gasteiger partial charge is 0.379 e. The van der Waals surface area contributed by atoms with E-state index in [4.69, 9.17) is 9.47 Å². The van der Waals surface area contributed by atoms with Crippen LogP contribution in [-0.4, -0.2) is 75.0 Å². The summed E-state index contributed by atoms with van der Waals surface area (Å²) in [6.45, 7) is 11.6. The van der Waals surface area contributed by atoms with E-state index in [1.807, 2.05) is 0 Å². The van der Waals surface area contributed by atoms with Crippen molar-refractivity contribution in [2.45, 2.75) is 25.8 Å². The molecule has 1 atom stereocenters. The van der Waals surface area contributed by atoms with Crippen molar-refractivity contribution in [2.24, 2.45) is 0 Å². The van der Waals surface area contributed by atoms with Gasteiger partial charge in [0.1, 0.15) is 0 Å². The van der Waals surface area contributed by atoms with E-state index in [2.05, 4.69) is 16.7 Å². The molecule has 0 amide bonds. The lowest BCUT2D eigenvalue weighted by atomic mass is 10.1. The average Bonchev–Trinajstić information content (AvgIpc) is 2.42. The summed E-state index contributed by atoms with van der Waals surface area (Å²) in [6.07, 6.45) is 2.54. The monoisotopic (exact) mass is 242 g/mol. The van der Waals surface area contributed by atoms with Crippen molar-refractivity contribution in [1.29, 1.82) is 0 Å². The van der Waals surface area contributed by atoms with Crippen molar-refractivity contribution in [3.05, 3.63) is 0 Å². The molecule has 100 valence electrons. The molecule has 2 rings (SSSR count). The van der Waals surface area contributed by atoms with Crippen LogP contribution in [0.15, 0.2) is 0 Å². The van der Waals surface area contributed by atoms with Gasteiger partial charge in [-0.15, -0.1) is 0 Å². The molecule has 0 N–H and O–H groups in total. The molecule has 2 heterocycles. The number of morpholine rings is 2. The second-order valence-electron chi connectivity index (χ2n) is 4.95. The third kappa shape index (κ3) is 4.21. The lowest BCUT2D eigenvalue weighted by molar-refractivity contribution is 0.00478. The Morgan fingerprint density at radius 1 is 0.941 bits per heavy atom. The number of nitrogens with zero attached hydrogens (tertiary/aromatic N) is 2. The fourth-order valence-electron chi connectivity index (χ4n) is 2.74. The molecule has 0 aromatic heterocycles. The predicted molar refractivity (Wildman–Crippen MR) is 68.3 cm³/mol. The fraction of sp³-hybridized carbons (Fsp3) is 1.00. The third-order valence-electron chi connectivity index (χ3n) is 3.92. The Balaban J connectivity index is 1.70. The van der Waals surface area contributed by atoms with Gasteiger partial charge < -0.3 is 9.47 Å². The Hall–Kier alpha value is -0.160. The lowest BCUT2D eigenvalue weighted by Crippen LogP contribution is -2.45. The Morgan fingerprint density at radius 2 is 1.53 bits per heavy atom. The molecular formula is C13H26N2O2. The van der Waals surface area contributed by atoms with Crippen molar-refractivity contribution < 1.29 is 9.47 Å². The molecule has 1 unspecified atom stereocenters. The molecule has 17 heavy (non-hydrogen) atoms. The minimum Gasteiger partial charge on any atom is -0.379 e. The van der Waals surface area contributed by atoms with Gasteiger partial charge in [0, 0.05) is 32.2 Å². The molecule has 2 aliphatic heterocycles. The van der Waals surface area contributed by atoms with Crippen molar-refractivity contribution in [1.82, 2.24) is 9.80 Å². The number of hydrogen-bond donors (Lipinski definition) is 0. The third-order valence-corrected chi connectivity index (χ3v) is 3.92. The maximum Gasteiger partial charge on any atom is 0.0594 e. The first kappa shape index (κ1) is 13.3. The van der Waals surface area contributed by atoms with Gasteiger partial charge in [-0.25, -0.2) is 0 Å². The van der Waals surface area contributed by atoms with Gasteiger partial charge in [0.2, 0.25) is 0 Å². The molecule has 0 bridgehead atoms. The summed E-state index contributed by atoms with van der Waals surface area (Å²) >= 11 is 0. The van der Waals surface area contributed by atoms with Crippen molar-refractivity contribution in [3.63, 3.8) is 0 Å². The van der Waals surface area contributed by atoms with Crippen molar-refractivity contribution in [2.75, 3.05) is 59.2 Å². The Bertz CT molecular complexity index is 202. The smallest absolute Gasteiger partial charge is 0.0594 e. The molecule has 0 spiro atoms. The molecule has 0 aromatic carbocycles. The van der Waals surface area contributed by atoms with E-state index in [-0.39, 0.29) is 0 Å². The zero-order chi connectivity index (χ0) is 11.9. The van der Waals surface area contributed by atoms with Crippen LogP contribution in [0.5, 0.6) is 0 Å². The standard InChI is InChI=1S/C13H26N2O2/c1-2-13(15-7-11-17-12-8-15)3-4-14-5-9-16-10-6-14/h13H,2-12H2,1H3. The van der Waals surface area contributed by atoms with Crippen molar-refractivity contribution >= 4 is 0 Å². The number of hydrogen-bond acceptors (Lipinski definition) is 4. The van der Waals surface area contributed by atoms with Gasteiger partial charge in [0.25, 0.3) is 0 Å². The summed E-state index contributed by atoms with van der Waals surface area (Å²) in [7, 11) is 0. The van der Waals surface area contributed by atoms with E-state index in [1.165, 1.54) is 19.4 Å². The molecule has 4 nitrogen and oxygen atoms in total. The second kappa shape index (κ2) is 7.31. The summed E-state index contributed by atoms with van der Waals surface area (Å²) in [4.78, 5) is 5.14. The van der Waals surface area contributed by atoms with Crippen LogP contribution in [0.4, 0.5) is 0 Å². The van der Waals surface area contributed by atoms with E-state index in [1.54, 1.807) is 0 Å². The summed E-state index contributed by atoms with van der Waals surface area (Å²) < 4.78 is 10.8. The Kier molecular flexibility index (Phi) is 5.71. The highest BCUT2D eigenvalue weighted by atomic mass is 16.5. The number of rotatable bonds is 5. The van der Waals surface area contributed by atoms with E-state index in [9.17, 15) is 0 Å². The van der Waals surface area contributed by atoms with E-state index >= 15 is 0 Å². The topological polar surface area (TPSA) is 24.9 Å².